The fraction of sp³-hybridized carbons (Fsp3) is 0.556. The van der Waals surface area contributed by atoms with Crippen molar-refractivity contribution in [2.24, 2.45) is 0 Å². The van der Waals surface area contributed by atoms with Crippen LogP contribution in [-0.4, -0.2) is 34.7 Å². The molecule has 5 nitrogen and oxygen atoms in total. The minimum Gasteiger partial charge on any atom is -0.381 e. The highest BCUT2D eigenvalue weighted by molar-refractivity contribution is 5.84. The molecule has 5 heteroatoms. The number of nitrogens with zero attached hydrogens (tertiary/aromatic N) is 2. The van der Waals surface area contributed by atoms with Gasteiger partial charge in [0.15, 0.2) is 0 Å². The van der Waals surface area contributed by atoms with Crippen LogP contribution < -0.4 is 5.32 Å². The topological polar surface area (TPSA) is 56.2 Å². The van der Waals surface area contributed by atoms with Crippen molar-refractivity contribution in [3.05, 3.63) is 30.1 Å². The van der Waals surface area contributed by atoms with Crippen LogP contribution in [0.2, 0.25) is 0 Å². The molecule has 1 saturated heterocycles. The molecule has 1 aromatic carbocycles. The molecule has 1 aliphatic heterocycles. The third-order valence-electron chi connectivity index (χ3n) is 4.55. The number of imidazole rings is 1. The van der Waals surface area contributed by atoms with E-state index in [0.717, 1.165) is 55.8 Å². The number of hydrogen-bond donors (Lipinski definition) is 1. The minimum absolute atomic E-state index is 0.0947. The molecule has 1 amide bonds. The van der Waals surface area contributed by atoms with Crippen molar-refractivity contribution in [2.45, 2.75) is 51.6 Å². The molecule has 23 heavy (non-hydrogen) atoms. The molecule has 2 heterocycles. The summed E-state index contributed by atoms with van der Waals surface area (Å²) in [6.45, 7) is 5.61. The molecule has 1 fully saturated rings. The first-order valence-electron chi connectivity index (χ1n) is 8.58. The van der Waals surface area contributed by atoms with Crippen molar-refractivity contribution in [2.75, 3.05) is 13.2 Å². The van der Waals surface area contributed by atoms with E-state index in [-0.39, 0.29) is 18.0 Å². The van der Waals surface area contributed by atoms with Gasteiger partial charge in [-0.3, -0.25) is 4.79 Å². The first-order valence-corrected chi connectivity index (χ1v) is 8.58. The van der Waals surface area contributed by atoms with E-state index in [0.29, 0.717) is 0 Å². The van der Waals surface area contributed by atoms with Gasteiger partial charge in [-0.25, -0.2) is 4.98 Å². The fourth-order valence-electron chi connectivity index (χ4n) is 3.32. The predicted molar refractivity (Wildman–Crippen MR) is 90.4 cm³/mol. The Morgan fingerprint density at radius 3 is 2.78 bits per heavy atom. The Balaban J connectivity index is 1.89. The van der Waals surface area contributed by atoms with Crippen molar-refractivity contribution < 1.29 is 9.53 Å². The summed E-state index contributed by atoms with van der Waals surface area (Å²) < 4.78 is 7.48. The highest BCUT2D eigenvalue weighted by Gasteiger charge is 2.26. The molecule has 1 atom stereocenters. The van der Waals surface area contributed by atoms with E-state index < -0.39 is 0 Å². The summed E-state index contributed by atoms with van der Waals surface area (Å²) in [6, 6.07) is 8.07. The number of hydrogen-bond acceptors (Lipinski definition) is 3. The van der Waals surface area contributed by atoms with Crippen LogP contribution in [-0.2, 0) is 16.0 Å². The highest BCUT2D eigenvalue weighted by Crippen LogP contribution is 2.24. The second kappa shape index (κ2) is 7.13. The zero-order chi connectivity index (χ0) is 16.2. The summed E-state index contributed by atoms with van der Waals surface area (Å²) in [7, 11) is 0. The van der Waals surface area contributed by atoms with Gasteiger partial charge in [-0.15, -0.1) is 0 Å². The van der Waals surface area contributed by atoms with Gasteiger partial charge in [0.25, 0.3) is 0 Å². The standard InChI is InChI=1S/C18H25N3O2/c1-3-15(18(22)19-13-9-11-23-12-10-13)21-16-8-6-5-7-14(16)20-17(21)4-2/h5-8,13,15H,3-4,9-12H2,1-2H3,(H,19,22). The van der Waals surface area contributed by atoms with Gasteiger partial charge >= 0.3 is 0 Å². The van der Waals surface area contributed by atoms with Crippen molar-refractivity contribution in [1.82, 2.24) is 14.9 Å². The summed E-state index contributed by atoms with van der Waals surface area (Å²) >= 11 is 0. The molecule has 1 aliphatic rings. The molecule has 0 radical (unpaired) electrons. The van der Waals surface area contributed by atoms with E-state index in [2.05, 4.69) is 23.7 Å². The lowest BCUT2D eigenvalue weighted by Gasteiger charge is -2.26. The zero-order valence-corrected chi connectivity index (χ0v) is 13.9. The van der Waals surface area contributed by atoms with Gasteiger partial charge in [0, 0.05) is 25.7 Å². The van der Waals surface area contributed by atoms with Crippen molar-refractivity contribution in [1.29, 1.82) is 0 Å². The molecular weight excluding hydrogens is 290 g/mol. The third-order valence-corrected chi connectivity index (χ3v) is 4.55. The number of benzene rings is 1. The maximum atomic E-state index is 12.9. The lowest BCUT2D eigenvalue weighted by Crippen LogP contribution is -2.42. The number of carbonyl (C=O) groups is 1. The van der Waals surface area contributed by atoms with Gasteiger partial charge in [0.2, 0.25) is 5.91 Å². The maximum absolute atomic E-state index is 12.9. The molecule has 2 aromatic rings. The van der Waals surface area contributed by atoms with Gasteiger partial charge < -0.3 is 14.6 Å². The maximum Gasteiger partial charge on any atom is 0.243 e. The van der Waals surface area contributed by atoms with Crippen molar-refractivity contribution >= 4 is 16.9 Å². The number of rotatable bonds is 5. The van der Waals surface area contributed by atoms with Gasteiger partial charge in [-0.1, -0.05) is 26.0 Å². The number of ether oxygens (including phenoxy) is 1. The SMILES string of the molecule is CCc1nc2ccccc2n1C(CC)C(=O)NC1CCOCC1. The zero-order valence-electron chi connectivity index (χ0n) is 13.9. The average Bonchev–Trinajstić information content (AvgIpc) is 2.95. The normalized spacial score (nSPS) is 17.3. The highest BCUT2D eigenvalue weighted by atomic mass is 16.5. The molecule has 0 saturated carbocycles. The van der Waals surface area contributed by atoms with Crippen LogP contribution in [0, 0.1) is 0 Å². The van der Waals surface area contributed by atoms with Gasteiger partial charge in [0.1, 0.15) is 11.9 Å². The Bertz CT molecular complexity index is 674. The Labute approximate surface area is 137 Å². The molecule has 124 valence electrons. The fourth-order valence-corrected chi connectivity index (χ4v) is 3.32. The molecule has 0 aliphatic carbocycles. The van der Waals surface area contributed by atoms with E-state index in [4.69, 9.17) is 9.72 Å². The second-order valence-electron chi connectivity index (χ2n) is 6.06. The quantitative estimate of drug-likeness (QED) is 0.923. The molecule has 0 bridgehead atoms. The third kappa shape index (κ3) is 3.24. The average molecular weight is 315 g/mol. The van der Waals surface area contributed by atoms with Crippen LogP contribution in [0.4, 0.5) is 0 Å². The van der Waals surface area contributed by atoms with Gasteiger partial charge in [-0.05, 0) is 31.4 Å². The van der Waals surface area contributed by atoms with E-state index in [1.165, 1.54) is 0 Å². The number of para-hydroxylation sites is 2. The van der Waals surface area contributed by atoms with Crippen LogP contribution in [0.25, 0.3) is 11.0 Å². The molecule has 1 N–H and O–H groups in total. The van der Waals surface area contributed by atoms with Crippen LogP contribution >= 0.6 is 0 Å². The Hall–Kier alpha value is -1.88. The van der Waals surface area contributed by atoms with E-state index >= 15 is 0 Å². The van der Waals surface area contributed by atoms with Gasteiger partial charge in [0.05, 0.1) is 11.0 Å². The molecule has 1 aromatic heterocycles. The monoisotopic (exact) mass is 315 g/mol. The van der Waals surface area contributed by atoms with E-state index in [9.17, 15) is 4.79 Å². The Kier molecular flexibility index (Phi) is 4.96. The number of aromatic nitrogens is 2. The van der Waals surface area contributed by atoms with Crippen molar-refractivity contribution in [3.8, 4) is 0 Å². The largest absolute Gasteiger partial charge is 0.381 e. The first-order chi connectivity index (χ1) is 11.2. The van der Waals surface area contributed by atoms with Gasteiger partial charge in [-0.2, -0.15) is 0 Å². The summed E-state index contributed by atoms with van der Waals surface area (Å²) in [4.78, 5) is 17.5. The predicted octanol–water partition coefficient (Wildman–Crippen LogP) is 2.85. The Morgan fingerprint density at radius 1 is 1.35 bits per heavy atom. The number of amides is 1. The second-order valence-corrected chi connectivity index (χ2v) is 6.06. The van der Waals surface area contributed by atoms with Crippen LogP contribution in [0.15, 0.2) is 24.3 Å². The summed E-state index contributed by atoms with van der Waals surface area (Å²) in [5.74, 6) is 1.07. The molecule has 3 rings (SSSR count). The number of aryl methyl sites for hydroxylation is 1. The van der Waals surface area contributed by atoms with Crippen molar-refractivity contribution in [3.63, 3.8) is 0 Å². The number of nitrogens with one attached hydrogen (secondary N) is 1. The lowest BCUT2D eigenvalue weighted by atomic mass is 10.1. The Morgan fingerprint density at radius 2 is 2.09 bits per heavy atom. The van der Waals surface area contributed by atoms with E-state index in [1.54, 1.807) is 0 Å². The number of fused-ring (bicyclic) bond motifs is 1. The summed E-state index contributed by atoms with van der Waals surface area (Å²) in [5, 5.41) is 3.21. The van der Waals surface area contributed by atoms with Crippen LogP contribution in [0.5, 0.6) is 0 Å². The number of carbonyl (C=O) groups excluding carboxylic acids is 1. The molecular formula is C18H25N3O2. The molecule has 0 spiro atoms. The van der Waals surface area contributed by atoms with Crippen LogP contribution in [0.1, 0.15) is 45.0 Å². The smallest absolute Gasteiger partial charge is 0.243 e. The van der Waals surface area contributed by atoms with E-state index in [1.807, 2.05) is 24.3 Å². The lowest BCUT2D eigenvalue weighted by molar-refractivity contribution is -0.125. The minimum atomic E-state index is -0.208. The summed E-state index contributed by atoms with van der Waals surface area (Å²) in [5.41, 5.74) is 2.00. The summed E-state index contributed by atoms with van der Waals surface area (Å²) in [6.07, 6.45) is 3.36. The molecule has 1 unspecified atom stereocenters. The van der Waals surface area contributed by atoms with Crippen LogP contribution in [0.3, 0.4) is 0 Å². The first kappa shape index (κ1) is 16.0.